The van der Waals surface area contributed by atoms with E-state index in [0.717, 1.165) is 0 Å². The fourth-order valence-corrected chi connectivity index (χ4v) is 6.58. The lowest BCUT2D eigenvalue weighted by molar-refractivity contribution is 1.81. The highest BCUT2D eigenvalue weighted by atomic mass is 35.7. The summed E-state index contributed by atoms with van der Waals surface area (Å²) in [4.78, 5) is 0. The van der Waals surface area contributed by atoms with Gasteiger partial charge < -0.3 is 0 Å². The predicted molar refractivity (Wildman–Crippen MR) is 79.7 cm³/mol. The van der Waals surface area contributed by atoms with Crippen LogP contribution in [-0.4, -0.2) is 22.8 Å². The Hall–Kier alpha value is 0.351. The SMILES string of the molecule is C[Si](C)(C)C#C[Si](Cl)(Cl)C#C[Si](C)(C)C. The van der Waals surface area contributed by atoms with E-state index in [1.54, 1.807) is 0 Å². The van der Waals surface area contributed by atoms with Crippen molar-refractivity contribution in [3.8, 4) is 22.2 Å². The van der Waals surface area contributed by atoms with Gasteiger partial charge in [0, 0.05) is 0 Å². The molecule has 5 heteroatoms. The summed E-state index contributed by atoms with van der Waals surface area (Å²) in [6, 6.07) is 0. The first-order chi connectivity index (χ1) is 6.41. The van der Waals surface area contributed by atoms with E-state index in [1.165, 1.54) is 0 Å². The van der Waals surface area contributed by atoms with Crippen molar-refractivity contribution < 1.29 is 0 Å². The smallest absolute Gasteiger partial charge is 0.135 e. The van der Waals surface area contributed by atoms with Crippen molar-refractivity contribution in [3.63, 3.8) is 0 Å². The van der Waals surface area contributed by atoms with E-state index < -0.39 is 22.8 Å². The summed E-state index contributed by atoms with van der Waals surface area (Å²) < 4.78 is 0. The summed E-state index contributed by atoms with van der Waals surface area (Å²) in [6.45, 7) is 10.4. The molecule has 0 spiro atoms. The highest BCUT2D eigenvalue weighted by Crippen LogP contribution is 2.13. The molecule has 0 N–H and O–H groups in total. The third kappa shape index (κ3) is 10.6. The standard InChI is InChI=1S/C10H18Cl2Si3/c1-13(2,3)7-9-15(11,12)10-8-14(4,5)6/h1-6H3. The molecule has 15 heavy (non-hydrogen) atoms. The third-order valence-corrected chi connectivity index (χ3v) is 5.45. The topological polar surface area (TPSA) is 0 Å². The first kappa shape index (κ1) is 15.4. The predicted octanol–water partition coefficient (Wildman–Crippen LogP) is 3.75. The minimum atomic E-state index is -2.63. The van der Waals surface area contributed by atoms with Gasteiger partial charge in [0.05, 0.1) is 0 Å². The fourth-order valence-electron chi connectivity index (χ4n) is 0.563. The van der Waals surface area contributed by atoms with Crippen LogP contribution in [0.15, 0.2) is 0 Å². The van der Waals surface area contributed by atoms with Crippen molar-refractivity contribution in [3.05, 3.63) is 0 Å². The monoisotopic (exact) mass is 292 g/mol. The van der Waals surface area contributed by atoms with Crippen LogP contribution in [0.25, 0.3) is 0 Å². The van der Waals surface area contributed by atoms with Crippen LogP contribution in [0.5, 0.6) is 0 Å². The van der Waals surface area contributed by atoms with Crippen molar-refractivity contribution in [2.45, 2.75) is 39.3 Å². The third-order valence-electron chi connectivity index (χ3n) is 1.19. The van der Waals surface area contributed by atoms with Gasteiger partial charge in [-0.05, 0) is 0 Å². The van der Waals surface area contributed by atoms with Crippen LogP contribution in [0.4, 0.5) is 0 Å². The molecule has 0 nitrogen and oxygen atoms in total. The second-order valence-corrected chi connectivity index (χ2v) is 20.7. The molecule has 0 aromatic rings. The van der Waals surface area contributed by atoms with Crippen molar-refractivity contribution in [2.75, 3.05) is 0 Å². The van der Waals surface area contributed by atoms with Gasteiger partial charge in [-0.2, -0.15) is 0 Å². The van der Waals surface area contributed by atoms with E-state index in [4.69, 9.17) is 22.2 Å². The van der Waals surface area contributed by atoms with Gasteiger partial charge in [-0.1, -0.05) is 50.4 Å². The van der Waals surface area contributed by atoms with E-state index in [0.29, 0.717) is 0 Å². The van der Waals surface area contributed by atoms with Gasteiger partial charge in [0.25, 0.3) is 0 Å². The quantitative estimate of drug-likeness (QED) is 0.362. The molecule has 84 valence electrons. The van der Waals surface area contributed by atoms with Gasteiger partial charge in [0.1, 0.15) is 16.1 Å². The summed E-state index contributed by atoms with van der Waals surface area (Å²) in [5.74, 6) is 0. The van der Waals surface area contributed by atoms with Crippen molar-refractivity contribution in [2.24, 2.45) is 0 Å². The zero-order chi connectivity index (χ0) is 12.3. The molecule has 0 aromatic heterocycles. The molecule has 0 atom stereocenters. The van der Waals surface area contributed by atoms with Crippen LogP contribution < -0.4 is 0 Å². The summed E-state index contributed by atoms with van der Waals surface area (Å²) in [5.41, 5.74) is 12.4. The zero-order valence-corrected chi connectivity index (χ0v) is 14.8. The highest BCUT2D eigenvalue weighted by Gasteiger charge is 2.24. The Bertz CT molecular complexity index is 305. The lowest BCUT2D eigenvalue weighted by Crippen LogP contribution is -2.23. The first-order valence-corrected chi connectivity index (χ1v) is 15.9. The van der Waals surface area contributed by atoms with E-state index in [2.05, 4.69) is 61.5 Å². The van der Waals surface area contributed by atoms with Gasteiger partial charge in [-0.25, -0.2) is 0 Å². The molecular formula is C10H18Cl2Si3. The van der Waals surface area contributed by atoms with Gasteiger partial charge >= 0.3 is 6.69 Å². The molecule has 0 unspecified atom stereocenters. The Morgan fingerprint density at radius 1 is 0.600 bits per heavy atom. The average molecular weight is 293 g/mol. The van der Waals surface area contributed by atoms with E-state index in [1.807, 2.05) is 0 Å². The van der Waals surface area contributed by atoms with Crippen LogP contribution in [0.3, 0.4) is 0 Å². The Balaban J connectivity index is 4.82. The summed E-state index contributed by atoms with van der Waals surface area (Å²) >= 11 is 12.3. The minimum absolute atomic E-state index is 1.39. The van der Waals surface area contributed by atoms with Crippen LogP contribution >= 0.6 is 22.2 Å². The summed E-state index contributed by atoms with van der Waals surface area (Å²) in [5, 5.41) is 0. The number of hydrogen-bond donors (Lipinski definition) is 0. The lowest BCUT2D eigenvalue weighted by Gasteiger charge is -2.07. The maximum Gasteiger partial charge on any atom is 0.403 e. The second-order valence-electron chi connectivity index (χ2n) is 5.57. The van der Waals surface area contributed by atoms with E-state index in [-0.39, 0.29) is 0 Å². The van der Waals surface area contributed by atoms with Gasteiger partial charge in [0.15, 0.2) is 0 Å². The van der Waals surface area contributed by atoms with Crippen molar-refractivity contribution in [1.82, 2.24) is 0 Å². The largest absolute Gasteiger partial charge is 0.403 e. The molecular weight excluding hydrogens is 275 g/mol. The van der Waals surface area contributed by atoms with Crippen LogP contribution in [0, 0.1) is 22.2 Å². The number of hydrogen-bond acceptors (Lipinski definition) is 0. The maximum atomic E-state index is 6.15. The van der Waals surface area contributed by atoms with Crippen LogP contribution in [-0.2, 0) is 0 Å². The molecule has 0 aliphatic carbocycles. The van der Waals surface area contributed by atoms with Crippen molar-refractivity contribution in [1.29, 1.82) is 0 Å². The molecule has 0 amide bonds. The van der Waals surface area contributed by atoms with Crippen molar-refractivity contribution >= 4 is 45.0 Å². The summed E-state index contributed by atoms with van der Waals surface area (Å²) in [6.07, 6.45) is 0. The molecule has 0 aliphatic rings. The normalized spacial score (nSPS) is 12.3. The molecule has 0 radical (unpaired) electrons. The van der Waals surface area contributed by atoms with Gasteiger partial charge in [-0.3, -0.25) is 0 Å². The van der Waals surface area contributed by atoms with Crippen LogP contribution in [0.2, 0.25) is 39.3 Å². The molecule has 0 fully saturated rings. The lowest BCUT2D eigenvalue weighted by atomic mass is 11.3. The average Bonchev–Trinajstić information content (AvgIpc) is 1.96. The number of halogens is 2. The molecule has 0 aliphatic heterocycles. The molecule has 0 saturated heterocycles. The highest BCUT2D eigenvalue weighted by molar-refractivity contribution is 7.52. The molecule has 0 rings (SSSR count). The van der Waals surface area contributed by atoms with E-state index >= 15 is 0 Å². The van der Waals surface area contributed by atoms with Crippen LogP contribution in [0.1, 0.15) is 0 Å². The Labute approximate surface area is 106 Å². The van der Waals surface area contributed by atoms with Gasteiger partial charge in [-0.15, -0.1) is 33.2 Å². The Morgan fingerprint density at radius 3 is 1.07 bits per heavy atom. The minimum Gasteiger partial charge on any atom is -0.135 e. The van der Waals surface area contributed by atoms with Gasteiger partial charge in [0.2, 0.25) is 0 Å². The molecule has 0 heterocycles. The second kappa shape index (κ2) is 5.12. The summed E-state index contributed by atoms with van der Waals surface area (Å²) in [7, 11) is -2.79. The fraction of sp³-hybridized carbons (Fsp3) is 0.600. The Morgan fingerprint density at radius 2 is 0.867 bits per heavy atom. The maximum absolute atomic E-state index is 6.15. The van der Waals surface area contributed by atoms with E-state index in [9.17, 15) is 0 Å². The molecule has 0 saturated carbocycles. The first-order valence-electron chi connectivity index (χ1n) is 4.88. The number of rotatable bonds is 0. The molecule has 0 bridgehead atoms. The Kier molecular flexibility index (Phi) is 5.24. The zero-order valence-electron chi connectivity index (χ0n) is 10.3. The molecule has 0 aromatic carbocycles.